The van der Waals surface area contributed by atoms with E-state index in [4.69, 9.17) is 0 Å². The third-order valence-electron chi connectivity index (χ3n) is 4.81. The number of rotatable bonds is 6. The molecule has 0 atom stereocenters. The minimum Gasteiger partial charge on any atom is -0.350 e. The standard InChI is InChI=1S/C22H18FN5O3/c23-17-5-2-1-4-16(17)12-26-19(29)14-27-18-6-3-9-25-20(18)28(22(31)21(27)30)13-15-7-10-24-11-8-15/h1-11H,12-14H2,(H,26,29). The van der Waals surface area contributed by atoms with E-state index in [1.54, 1.807) is 54.9 Å². The van der Waals surface area contributed by atoms with Crippen LogP contribution in [0, 0.1) is 5.82 Å². The van der Waals surface area contributed by atoms with Crippen LogP contribution in [-0.4, -0.2) is 25.0 Å². The van der Waals surface area contributed by atoms with E-state index in [2.05, 4.69) is 15.3 Å². The number of nitrogens with zero attached hydrogens (tertiary/aromatic N) is 4. The molecule has 3 aromatic heterocycles. The Morgan fingerprint density at radius 3 is 2.45 bits per heavy atom. The highest BCUT2D eigenvalue weighted by atomic mass is 19.1. The fraction of sp³-hybridized carbons (Fsp3) is 0.136. The number of nitrogens with one attached hydrogen (secondary N) is 1. The summed E-state index contributed by atoms with van der Waals surface area (Å²) in [6.07, 6.45) is 4.70. The van der Waals surface area contributed by atoms with E-state index in [1.165, 1.54) is 16.8 Å². The first-order valence-electron chi connectivity index (χ1n) is 9.52. The summed E-state index contributed by atoms with van der Waals surface area (Å²) < 4.78 is 16.1. The summed E-state index contributed by atoms with van der Waals surface area (Å²) in [6.45, 7) is -0.277. The van der Waals surface area contributed by atoms with Crippen molar-refractivity contribution in [3.63, 3.8) is 0 Å². The first-order chi connectivity index (χ1) is 15.0. The van der Waals surface area contributed by atoms with Crippen LogP contribution in [0.25, 0.3) is 11.2 Å². The van der Waals surface area contributed by atoms with Crippen molar-refractivity contribution in [3.8, 4) is 0 Å². The maximum Gasteiger partial charge on any atom is 0.318 e. The van der Waals surface area contributed by atoms with Crippen LogP contribution in [0.3, 0.4) is 0 Å². The summed E-state index contributed by atoms with van der Waals surface area (Å²) in [5, 5.41) is 2.58. The molecule has 4 aromatic rings. The average molecular weight is 419 g/mol. The minimum absolute atomic E-state index is 0.0322. The predicted octanol–water partition coefficient (Wildman–Crippen LogP) is 1.46. The first kappa shape index (κ1) is 20.1. The highest BCUT2D eigenvalue weighted by molar-refractivity contribution is 5.78. The molecule has 8 nitrogen and oxygen atoms in total. The Labute approximate surface area is 175 Å². The van der Waals surface area contributed by atoms with Gasteiger partial charge in [0.1, 0.15) is 12.4 Å². The molecule has 0 radical (unpaired) electrons. The predicted molar refractivity (Wildman–Crippen MR) is 112 cm³/mol. The third-order valence-corrected chi connectivity index (χ3v) is 4.81. The van der Waals surface area contributed by atoms with Crippen LogP contribution in [-0.2, 0) is 24.4 Å². The molecule has 0 bridgehead atoms. The second-order valence-corrected chi connectivity index (χ2v) is 6.85. The number of carbonyl (C=O) groups excluding carboxylic acids is 1. The number of hydrogen-bond acceptors (Lipinski definition) is 5. The Bertz CT molecular complexity index is 1370. The Balaban J connectivity index is 1.66. The van der Waals surface area contributed by atoms with Crippen LogP contribution in [0.4, 0.5) is 4.39 Å². The van der Waals surface area contributed by atoms with Gasteiger partial charge < -0.3 is 5.32 Å². The van der Waals surface area contributed by atoms with Crippen molar-refractivity contribution < 1.29 is 9.18 Å². The van der Waals surface area contributed by atoms with Crippen LogP contribution in [0.5, 0.6) is 0 Å². The van der Waals surface area contributed by atoms with Crippen molar-refractivity contribution in [2.24, 2.45) is 0 Å². The maximum absolute atomic E-state index is 13.8. The lowest BCUT2D eigenvalue weighted by Gasteiger charge is -2.14. The average Bonchev–Trinajstić information content (AvgIpc) is 2.80. The van der Waals surface area contributed by atoms with Gasteiger partial charge in [0.05, 0.1) is 12.1 Å². The van der Waals surface area contributed by atoms with Gasteiger partial charge in [-0.3, -0.25) is 28.5 Å². The molecule has 0 fully saturated rings. The Hall–Kier alpha value is -4.14. The van der Waals surface area contributed by atoms with Gasteiger partial charge in [-0.15, -0.1) is 0 Å². The van der Waals surface area contributed by atoms with Gasteiger partial charge in [0.15, 0.2) is 5.65 Å². The number of carbonyl (C=O) groups is 1. The maximum atomic E-state index is 13.8. The molecule has 0 saturated carbocycles. The summed E-state index contributed by atoms with van der Waals surface area (Å²) >= 11 is 0. The molecule has 0 spiro atoms. The number of halogens is 1. The zero-order chi connectivity index (χ0) is 21.8. The number of aromatic nitrogens is 4. The van der Waals surface area contributed by atoms with Crippen LogP contribution in [0.15, 0.2) is 76.7 Å². The van der Waals surface area contributed by atoms with Gasteiger partial charge in [-0.2, -0.15) is 0 Å². The van der Waals surface area contributed by atoms with Crippen LogP contribution >= 0.6 is 0 Å². The fourth-order valence-corrected chi connectivity index (χ4v) is 3.25. The number of hydrogen-bond donors (Lipinski definition) is 1. The topological polar surface area (TPSA) is 98.9 Å². The van der Waals surface area contributed by atoms with Crippen molar-refractivity contribution in [3.05, 3.63) is 105 Å². The van der Waals surface area contributed by atoms with E-state index in [0.717, 1.165) is 10.1 Å². The molecule has 0 aliphatic heterocycles. The van der Waals surface area contributed by atoms with E-state index < -0.39 is 22.8 Å². The zero-order valence-electron chi connectivity index (χ0n) is 16.4. The molecule has 0 unspecified atom stereocenters. The molecule has 3 heterocycles. The van der Waals surface area contributed by atoms with Crippen molar-refractivity contribution in [2.45, 2.75) is 19.6 Å². The Kier molecular flexibility index (Phi) is 5.65. The highest BCUT2D eigenvalue weighted by Gasteiger charge is 2.16. The SMILES string of the molecule is O=C(Cn1c(=O)c(=O)n(Cc2ccncc2)c2ncccc21)NCc1ccccc1F. The number of benzene rings is 1. The van der Waals surface area contributed by atoms with Gasteiger partial charge in [-0.05, 0) is 35.9 Å². The molecule has 0 aliphatic rings. The van der Waals surface area contributed by atoms with E-state index >= 15 is 0 Å². The summed E-state index contributed by atoms with van der Waals surface area (Å²) in [7, 11) is 0. The van der Waals surface area contributed by atoms with Crippen LogP contribution < -0.4 is 16.4 Å². The fourth-order valence-electron chi connectivity index (χ4n) is 3.25. The quantitative estimate of drug-likeness (QED) is 0.477. The van der Waals surface area contributed by atoms with Crippen molar-refractivity contribution >= 4 is 17.1 Å². The normalized spacial score (nSPS) is 10.9. The lowest BCUT2D eigenvalue weighted by atomic mass is 10.2. The second kappa shape index (κ2) is 8.70. The minimum atomic E-state index is -0.837. The van der Waals surface area contributed by atoms with Crippen LogP contribution in [0.2, 0.25) is 0 Å². The molecule has 0 saturated heterocycles. The first-order valence-corrected chi connectivity index (χ1v) is 9.52. The molecule has 1 amide bonds. The van der Waals surface area contributed by atoms with Crippen LogP contribution in [0.1, 0.15) is 11.1 Å². The Morgan fingerprint density at radius 2 is 1.68 bits per heavy atom. The molecule has 0 aliphatic carbocycles. The Morgan fingerprint density at radius 1 is 0.935 bits per heavy atom. The summed E-state index contributed by atoms with van der Waals surface area (Å²) in [6, 6.07) is 12.8. The van der Waals surface area contributed by atoms with Crippen molar-refractivity contribution in [2.75, 3.05) is 0 Å². The number of pyridine rings is 2. The van der Waals surface area contributed by atoms with Crippen molar-refractivity contribution in [1.82, 2.24) is 24.4 Å². The van der Waals surface area contributed by atoms with E-state index in [9.17, 15) is 18.8 Å². The number of fused-ring (bicyclic) bond motifs is 1. The smallest absolute Gasteiger partial charge is 0.318 e. The zero-order valence-corrected chi connectivity index (χ0v) is 16.4. The van der Waals surface area contributed by atoms with E-state index in [-0.39, 0.29) is 25.3 Å². The molecular formula is C22H18FN5O3. The largest absolute Gasteiger partial charge is 0.350 e. The summed E-state index contributed by atoms with van der Waals surface area (Å²) in [5.74, 6) is -0.963. The van der Waals surface area contributed by atoms with Gasteiger partial charge in [-0.25, -0.2) is 9.37 Å². The van der Waals surface area contributed by atoms with Gasteiger partial charge >= 0.3 is 11.1 Å². The molecule has 1 aromatic carbocycles. The van der Waals surface area contributed by atoms with Gasteiger partial charge in [0.2, 0.25) is 5.91 Å². The van der Waals surface area contributed by atoms with Gasteiger partial charge in [0.25, 0.3) is 0 Å². The van der Waals surface area contributed by atoms with Crippen molar-refractivity contribution in [1.29, 1.82) is 0 Å². The third kappa shape index (κ3) is 4.25. The summed E-state index contributed by atoms with van der Waals surface area (Å²) in [5.41, 5.74) is 0.111. The highest BCUT2D eigenvalue weighted by Crippen LogP contribution is 2.10. The number of amides is 1. The molecule has 31 heavy (non-hydrogen) atoms. The molecule has 1 N–H and O–H groups in total. The molecule has 156 valence electrons. The molecular weight excluding hydrogens is 401 g/mol. The monoisotopic (exact) mass is 419 g/mol. The van der Waals surface area contributed by atoms with E-state index in [0.29, 0.717) is 11.1 Å². The summed E-state index contributed by atoms with van der Waals surface area (Å²) in [4.78, 5) is 46.3. The molecule has 4 rings (SSSR count). The van der Waals surface area contributed by atoms with Gasteiger partial charge in [-0.1, -0.05) is 18.2 Å². The second-order valence-electron chi connectivity index (χ2n) is 6.85. The van der Waals surface area contributed by atoms with Gasteiger partial charge in [0, 0.05) is 30.7 Å². The lowest BCUT2D eigenvalue weighted by Crippen LogP contribution is -2.44. The lowest BCUT2D eigenvalue weighted by molar-refractivity contribution is -0.121. The van der Waals surface area contributed by atoms with E-state index in [1.807, 2.05) is 0 Å². The molecule has 9 heteroatoms.